The van der Waals surface area contributed by atoms with E-state index < -0.39 is 0 Å². The Morgan fingerprint density at radius 1 is 1.09 bits per heavy atom. The molecule has 57 valence electrons. The monoisotopic (exact) mass is 222 g/mol. The largest absolute Gasteiger partial charge is 0.177 e. The predicted molar refractivity (Wildman–Crippen MR) is 44.2 cm³/mol. The fourth-order valence-electron chi connectivity index (χ4n) is 1.15. The van der Waals surface area contributed by atoms with Crippen LogP contribution in [0.3, 0.4) is 0 Å². The second-order valence-corrected chi connectivity index (χ2v) is 2.89. The van der Waals surface area contributed by atoms with Crippen LogP contribution in [0.2, 0.25) is 0 Å². The Labute approximate surface area is 94.3 Å². The van der Waals surface area contributed by atoms with E-state index >= 15 is 0 Å². The molecule has 0 bridgehead atoms. The van der Waals surface area contributed by atoms with Gasteiger partial charge in [-0.25, -0.2) is 0 Å². The van der Waals surface area contributed by atoms with Gasteiger partial charge in [-0.3, -0.25) is 0 Å². The summed E-state index contributed by atoms with van der Waals surface area (Å²) in [4.78, 5) is 0. The normalized spacial score (nSPS) is 9.09. The maximum atomic E-state index is 3.28. The average Bonchev–Trinajstić information content (AvgIpc) is 1.82. The fraction of sp³-hybridized carbons (Fsp3) is 0.400. The van der Waals surface area contributed by atoms with Gasteiger partial charge in [0.15, 0.2) is 0 Å². The molecule has 0 aliphatic carbocycles. The third-order valence-electron chi connectivity index (χ3n) is 1.97. The molecule has 1 rings (SSSR count). The van der Waals surface area contributed by atoms with Gasteiger partial charge in [-0.15, -0.1) is 0 Å². The number of hydrogen-bond donors (Lipinski definition) is 0. The van der Waals surface area contributed by atoms with E-state index in [1.807, 2.05) is 0 Å². The zero-order chi connectivity index (χ0) is 7.72. The standard InChI is InChI=1S/C10H13.Y/c1-7-5-8(2)10(4)9(3)6-7;/h5H,1-4H3;/q-1;. The molecule has 0 amide bonds. The van der Waals surface area contributed by atoms with Gasteiger partial charge in [-0.05, 0) is 0 Å². The molecule has 0 aromatic heterocycles. The van der Waals surface area contributed by atoms with Gasteiger partial charge in [-0.2, -0.15) is 34.4 Å². The first-order chi connectivity index (χ1) is 4.61. The van der Waals surface area contributed by atoms with Crippen LogP contribution in [0.15, 0.2) is 6.07 Å². The quantitative estimate of drug-likeness (QED) is 0.592. The molecule has 0 spiro atoms. The van der Waals surface area contributed by atoms with E-state index in [1.54, 1.807) is 0 Å². The molecule has 0 saturated carbocycles. The van der Waals surface area contributed by atoms with Gasteiger partial charge < -0.3 is 0 Å². The molecule has 0 saturated heterocycles. The summed E-state index contributed by atoms with van der Waals surface area (Å²) in [5.74, 6) is 0. The van der Waals surface area contributed by atoms with Crippen molar-refractivity contribution in [3.05, 3.63) is 34.4 Å². The number of rotatable bonds is 0. The first kappa shape index (κ1) is 11.3. The smallest absolute Gasteiger partial charge is 0 e. The molecule has 1 heteroatoms. The predicted octanol–water partition coefficient (Wildman–Crippen LogP) is 2.72. The molecular formula is C10H13Y-. The Morgan fingerprint density at radius 3 is 2.09 bits per heavy atom. The Balaban J connectivity index is 0.000001000. The minimum Gasteiger partial charge on any atom is -0.177 e. The molecule has 1 aromatic rings. The van der Waals surface area contributed by atoms with Gasteiger partial charge in [0, 0.05) is 32.7 Å². The third kappa shape index (κ3) is 2.68. The molecule has 11 heavy (non-hydrogen) atoms. The van der Waals surface area contributed by atoms with Gasteiger partial charge in [-0.1, -0.05) is 27.7 Å². The first-order valence-electron chi connectivity index (χ1n) is 3.58. The van der Waals surface area contributed by atoms with E-state index in [2.05, 4.69) is 39.8 Å². The van der Waals surface area contributed by atoms with Crippen LogP contribution < -0.4 is 0 Å². The minimum atomic E-state index is 0. The molecule has 0 unspecified atom stereocenters. The summed E-state index contributed by atoms with van der Waals surface area (Å²) < 4.78 is 0. The Bertz CT molecular complexity index is 228. The summed E-state index contributed by atoms with van der Waals surface area (Å²) in [6.07, 6.45) is 0. The van der Waals surface area contributed by atoms with Crippen LogP contribution in [0.1, 0.15) is 22.3 Å². The summed E-state index contributed by atoms with van der Waals surface area (Å²) in [5.41, 5.74) is 5.25. The van der Waals surface area contributed by atoms with E-state index in [-0.39, 0.29) is 32.7 Å². The van der Waals surface area contributed by atoms with Gasteiger partial charge >= 0.3 is 0 Å². The van der Waals surface area contributed by atoms with Crippen molar-refractivity contribution in [3.63, 3.8) is 0 Å². The number of hydrogen-bond acceptors (Lipinski definition) is 0. The van der Waals surface area contributed by atoms with Gasteiger partial charge in [0.25, 0.3) is 0 Å². The third-order valence-corrected chi connectivity index (χ3v) is 1.97. The Hall–Kier alpha value is 0.324. The molecule has 0 aliphatic rings. The summed E-state index contributed by atoms with van der Waals surface area (Å²) in [6, 6.07) is 5.45. The van der Waals surface area contributed by atoms with Crippen LogP contribution in [-0.4, -0.2) is 0 Å². The van der Waals surface area contributed by atoms with Gasteiger partial charge in [0.1, 0.15) is 0 Å². The van der Waals surface area contributed by atoms with Crippen molar-refractivity contribution in [1.82, 2.24) is 0 Å². The topological polar surface area (TPSA) is 0 Å². The average molecular weight is 222 g/mol. The van der Waals surface area contributed by atoms with E-state index in [4.69, 9.17) is 0 Å². The molecule has 1 aromatic carbocycles. The van der Waals surface area contributed by atoms with Crippen LogP contribution >= 0.6 is 0 Å². The SMILES string of the molecule is Cc1[c-]c(C)c(C)c(C)c1.[Y]. The van der Waals surface area contributed by atoms with Crippen LogP contribution in [0.4, 0.5) is 0 Å². The summed E-state index contributed by atoms with van der Waals surface area (Å²) in [7, 11) is 0. The Morgan fingerprint density at radius 2 is 1.64 bits per heavy atom. The van der Waals surface area contributed by atoms with Crippen molar-refractivity contribution in [2.45, 2.75) is 27.7 Å². The molecule has 0 heterocycles. The van der Waals surface area contributed by atoms with E-state index in [1.165, 1.54) is 22.3 Å². The molecule has 0 aliphatic heterocycles. The van der Waals surface area contributed by atoms with Gasteiger partial charge in [0.05, 0.1) is 0 Å². The number of benzene rings is 1. The van der Waals surface area contributed by atoms with E-state index in [0.29, 0.717) is 0 Å². The van der Waals surface area contributed by atoms with Gasteiger partial charge in [0.2, 0.25) is 0 Å². The molecule has 0 fully saturated rings. The first-order valence-corrected chi connectivity index (χ1v) is 3.58. The molecule has 0 atom stereocenters. The summed E-state index contributed by atoms with van der Waals surface area (Å²) in [6.45, 7) is 8.47. The maximum absolute atomic E-state index is 3.28. The zero-order valence-corrected chi connectivity index (χ0v) is 10.5. The molecule has 0 nitrogen and oxygen atoms in total. The Kier molecular flexibility index (Phi) is 4.50. The van der Waals surface area contributed by atoms with Crippen LogP contribution in [0.25, 0.3) is 0 Å². The molecule has 0 N–H and O–H groups in total. The van der Waals surface area contributed by atoms with Crippen molar-refractivity contribution in [2.24, 2.45) is 0 Å². The second-order valence-electron chi connectivity index (χ2n) is 2.89. The fourth-order valence-corrected chi connectivity index (χ4v) is 1.15. The minimum absolute atomic E-state index is 0. The van der Waals surface area contributed by atoms with Crippen LogP contribution in [0, 0.1) is 33.8 Å². The van der Waals surface area contributed by atoms with Crippen molar-refractivity contribution < 1.29 is 32.7 Å². The number of aryl methyl sites for hydroxylation is 3. The van der Waals surface area contributed by atoms with Crippen molar-refractivity contribution in [2.75, 3.05) is 0 Å². The summed E-state index contributed by atoms with van der Waals surface area (Å²) >= 11 is 0. The van der Waals surface area contributed by atoms with Crippen molar-refractivity contribution >= 4 is 0 Å². The van der Waals surface area contributed by atoms with Crippen molar-refractivity contribution in [1.29, 1.82) is 0 Å². The molecular weight excluding hydrogens is 209 g/mol. The molecule has 1 radical (unpaired) electrons. The zero-order valence-electron chi connectivity index (χ0n) is 7.65. The maximum Gasteiger partial charge on any atom is 0 e. The van der Waals surface area contributed by atoms with E-state index in [9.17, 15) is 0 Å². The summed E-state index contributed by atoms with van der Waals surface area (Å²) in [5, 5.41) is 0. The van der Waals surface area contributed by atoms with Crippen molar-refractivity contribution in [3.8, 4) is 0 Å². The van der Waals surface area contributed by atoms with Crippen LogP contribution in [-0.2, 0) is 32.7 Å². The van der Waals surface area contributed by atoms with Crippen LogP contribution in [0.5, 0.6) is 0 Å². The van der Waals surface area contributed by atoms with E-state index in [0.717, 1.165) is 0 Å². The second kappa shape index (κ2) is 4.37.